The summed E-state index contributed by atoms with van der Waals surface area (Å²) in [4.78, 5) is 17.9. The normalized spacial score (nSPS) is 10.8. The lowest BCUT2D eigenvalue weighted by Crippen LogP contribution is -1.90. The molecule has 0 aliphatic carbocycles. The minimum atomic E-state index is 0.203. The molecule has 0 radical (unpaired) electrons. The molecule has 3 rings (SSSR count). The van der Waals surface area contributed by atoms with E-state index in [0.717, 1.165) is 20.7 Å². The van der Waals surface area contributed by atoms with E-state index in [-0.39, 0.29) is 5.78 Å². The molecule has 0 unspecified atom stereocenters. The Labute approximate surface area is 115 Å². The highest BCUT2D eigenvalue weighted by Gasteiger charge is 2.10. The second kappa shape index (κ2) is 4.94. The molecule has 0 amide bonds. The quantitative estimate of drug-likeness (QED) is 0.651. The van der Waals surface area contributed by atoms with Crippen LogP contribution >= 0.6 is 11.3 Å². The molecule has 2 aromatic heterocycles. The Morgan fingerprint density at radius 2 is 2.11 bits per heavy atom. The summed E-state index contributed by atoms with van der Waals surface area (Å²) in [6.45, 7) is 1.89. The van der Waals surface area contributed by atoms with Crippen LogP contribution in [0.5, 0.6) is 0 Å². The lowest BCUT2D eigenvalue weighted by molar-refractivity contribution is 0.0992. The number of carbonyl (C=O) groups excluding carboxylic acids is 1. The lowest BCUT2D eigenvalue weighted by Gasteiger charge is -2.03. The molecule has 0 fully saturated rings. The van der Waals surface area contributed by atoms with E-state index >= 15 is 0 Å². The molecule has 0 saturated carbocycles. The number of thiophene rings is 1. The number of ketones is 1. The number of fused-ring (bicyclic) bond motifs is 1. The van der Waals surface area contributed by atoms with Gasteiger partial charge in [-0.1, -0.05) is 25.1 Å². The van der Waals surface area contributed by atoms with Gasteiger partial charge in [-0.15, -0.1) is 11.3 Å². The number of pyridine rings is 1. The average molecular weight is 267 g/mol. The van der Waals surface area contributed by atoms with Crippen molar-refractivity contribution in [3.05, 3.63) is 53.7 Å². The molecule has 1 aromatic carbocycles. The third kappa shape index (κ3) is 2.17. The number of benzene rings is 1. The second-order valence-corrected chi connectivity index (χ2v) is 5.43. The largest absolute Gasteiger partial charge is 0.293 e. The minimum absolute atomic E-state index is 0.203. The number of rotatable bonds is 3. The summed E-state index contributed by atoms with van der Waals surface area (Å²) in [5, 5.41) is 2.30. The number of carbonyl (C=O) groups is 1. The second-order valence-electron chi connectivity index (χ2n) is 4.34. The maximum Gasteiger partial charge on any atom is 0.172 e. The predicted octanol–water partition coefficient (Wildman–Crippen LogP) is 4.56. The molecule has 94 valence electrons. The molecular weight excluding hydrogens is 254 g/mol. The summed E-state index contributed by atoms with van der Waals surface area (Å²) in [6, 6.07) is 12.1. The standard InChI is InChI=1S/C16H13NOS/c1-2-14(18)16-7-6-15(19-16)12-5-3-4-11-8-9-17-10-13(11)12/h3-10H,2H2,1H3. The fourth-order valence-corrected chi connectivity index (χ4v) is 3.19. The minimum Gasteiger partial charge on any atom is -0.293 e. The van der Waals surface area contributed by atoms with Gasteiger partial charge in [0.05, 0.1) is 4.88 Å². The van der Waals surface area contributed by atoms with Gasteiger partial charge in [-0.05, 0) is 23.6 Å². The molecule has 0 aliphatic rings. The average Bonchev–Trinajstić information content (AvgIpc) is 2.95. The van der Waals surface area contributed by atoms with Gasteiger partial charge in [0, 0.05) is 34.6 Å². The molecular formula is C16H13NOS. The van der Waals surface area contributed by atoms with Crippen molar-refractivity contribution in [2.45, 2.75) is 13.3 Å². The molecule has 0 saturated heterocycles. The first-order valence-corrected chi connectivity index (χ1v) is 7.07. The number of Topliss-reactive ketones (excluding diaryl/α,β-unsaturated/α-hetero) is 1. The molecule has 3 aromatic rings. The molecule has 3 heteroatoms. The molecule has 2 nitrogen and oxygen atoms in total. The van der Waals surface area contributed by atoms with Crippen LogP contribution in [-0.4, -0.2) is 10.8 Å². The maximum absolute atomic E-state index is 11.7. The van der Waals surface area contributed by atoms with Crippen molar-refractivity contribution in [3.8, 4) is 10.4 Å². The SMILES string of the molecule is CCC(=O)c1ccc(-c2cccc3ccncc23)s1. The highest BCUT2D eigenvalue weighted by Crippen LogP contribution is 2.33. The van der Waals surface area contributed by atoms with Crippen LogP contribution in [0.4, 0.5) is 0 Å². The predicted molar refractivity (Wildman–Crippen MR) is 79.7 cm³/mol. The summed E-state index contributed by atoms with van der Waals surface area (Å²) < 4.78 is 0. The highest BCUT2D eigenvalue weighted by atomic mass is 32.1. The number of aromatic nitrogens is 1. The van der Waals surface area contributed by atoms with E-state index in [9.17, 15) is 4.79 Å². The Bertz CT molecular complexity index is 740. The van der Waals surface area contributed by atoms with Gasteiger partial charge in [-0.3, -0.25) is 9.78 Å². The van der Waals surface area contributed by atoms with Crippen LogP contribution in [0.3, 0.4) is 0 Å². The summed E-state index contributed by atoms with van der Waals surface area (Å²) >= 11 is 1.56. The fourth-order valence-electron chi connectivity index (χ4n) is 2.13. The van der Waals surface area contributed by atoms with Gasteiger partial charge in [-0.25, -0.2) is 0 Å². The Kier molecular flexibility index (Phi) is 3.13. The Balaban J connectivity index is 2.14. The van der Waals surface area contributed by atoms with Gasteiger partial charge in [0.1, 0.15) is 0 Å². The van der Waals surface area contributed by atoms with E-state index in [1.54, 1.807) is 17.5 Å². The lowest BCUT2D eigenvalue weighted by atomic mass is 10.1. The fraction of sp³-hybridized carbons (Fsp3) is 0.125. The van der Waals surface area contributed by atoms with Crippen LogP contribution in [-0.2, 0) is 0 Å². The van der Waals surface area contributed by atoms with Crippen molar-refractivity contribution in [2.75, 3.05) is 0 Å². The van der Waals surface area contributed by atoms with Gasteiger partial charge in [0.2, 0.25) is 0 Å². The van der Waals surface area contributed by atoms with Crippen molar-refractivity contribution < 1.29 is 4.79 Å². The summed E-state index contributed by atoms with van der Waals surface area (Å²) in [5.74, 6) is 0.203. The van der Waals surface area contributed by atoms with Gasteiger partial charge in [0.25, 0.3) is 0 Å². The van der Waals surface area contributed by atoms with Crippen molar-refractivity contribution in [1.29, 1.82) is 0 Å². The van der Waals surface area contributed by atoms with E-state index in [4.69, 9.17) is 0 Å². The molecule has 0 spiro atoms. The first kappa shape index (κ1) is 12.1. The van der Waals surface area contributed by atoms with E-state index in [1.807, 2.05) is 37.4 Å². The van der Waals surface area contributed by atoms with Gasteiger partial charge in [0.15, 0.2) is 5.78 Å². The van der Waals surface area contributed by atoms with Crippen LogP contribution in [0.1, 0.15) is 23.0 Å². The third-order valence-electron chi connectivity index (χ3n) is 3.15. The number of hydrogen-bond donors (Lipinski definition) is 0. The van der Waals surface area contributed by atoms with Crippen LogP contribution in [0.25, 0.3) is 21.2 Å². The van der Waals surface area contributed by atoms with E-state index < -0.39 is 0 Å². The molecule has 19 heavy (non-hydrogen) atoms. The van der Waals surface area contributed by atoms with Gasteiger partial charge in [-0.2, -0.15) is 0 Å². The van der Waals surface area contributed by atoms with Crippen LogP contribution in [0.2, 0.25) is 0 Å². The molecule has 0 aliphatic heterocycles. The van der Waals surface area contributed by atoms with E-state index in [2.05, 4.69) is 17.1 Å². The maximum atomic E-state index is 11.7. The third-order valence-corrected chi connectivity index (χ3v) is 4.31. The van der Waals surface area contributed by atoms with Crippen LogP contribution in [0.15, 0.2) is 48.8 Å². The number of hydrogen-bond acceptors (Lipinski definition) is 3. The van der Waals surface area contributed by atoms with Crippen molar-refractivity contribution >= 4 is 27.9 Å². The monoisotopic (exact) mass is 267 g/mol. The molecule has 2 heterocycles. The number of nitrogens with zero attached hydrogens (tertiary/aromatic N) is 1. The Hall–Kier alpha value is -2.00. The summed E-state index contributed by atoms with van der Waals surface area (Å²) in [5.41, 5.74) is 1.14. The zero-order chi connectivity index (χ0) is 13.2. The Morgan fingerprint density at radius 1 is 1.21 bits per heavy atom. The van der Waals surface area contributed by atoms with E-state index in [0.29, 0.717) is 6.42 Å². The van der Waals surface area contributed by atoms with Crippen molar-refractivity contribution in [1.82, 2.24) is 4.98 Å². The van der Waals surface area contributed by atoms with Gasteiger partial charge < -0.3 is 0 Å². The van der Waals surface area contributed by atoms with E-state index in [1.165, 1.54) is 5.39 Å². The molecule has 0 atom stereocenters. The summed E-state index contributed by atoms with van der Waals surface area (Å²) in [6.07, 6.45) is 4.23. The highest BCUT2D eigenvalue weighted by molar-refractivity contribution is 7.17. The zero-order valence-electron chi connectivity index (χ0n) is 10.6. The van der Waals surface area contributed by atoms with Crippen molar-refractivity contribution in [3.63, 3.8) is 0 Å². The van der Waals surface area contributed by atoms with Crippen molar-refractivity contribution in [2.24, 2.45) is 0 Å². The summed E-state index contributed by atoms with van der Waals surface area (Å²) in [7, 11) is 0. The Morgan fingerprint density at radius 3 is 2.95 bits per heavy atom. The van der Waals surface area contributed by atoms with Crippen LogP contribution in [0, 0.1) is 0 Å². The zero-order valence-corrected chi connectivity index (χ0v) is 11.4. The first-order valence-electron chi connectivity index (χ1n) is 6.25. The van der Waals surface area contributed by atoms with Crippen LogP contribution < -0.4 is 0 Å². The first-order chi connectivity index (χ1) is 9.29. The van der Waals surface area contributed by atoms with Gasteiger partial charge >= 0.3 is 0 Å². The topological polar surface area (TPSA) is 30.0 Å². The smallest absolute Gasteiger partial charge is 0.172 e. The molecule has 0 N–H and O–H groups in total. The molecule has 0 bridgehead atoms.